The molecular formula is C24H32N2O4. The number of hydrogen-bond acceptors (Lipinski definition) is 5. The fourth-order valence-corrected chi connectivity index (χ4v) is 3.90. The van der Waals surface area contributed by atoms with Crippen molar-refractivity contribution in [3.8, 4) is 17.2 Å². The largest absolute Gasteiger partial charge is 0.493 e. The average Bonchev–Trinajstić information content (AvgIpc) is 2.81. The van der Waals surface area contributed by atoms with Crippen molar-refractivity contribution < 1.29 is 19.0 Å². The predicted octanol–water partition coefficient (Wildman–Crippen LogP) is 3.40. The first-order valence-corrected chi connectivity index (χ1v) is 10.5. The Bertz CT molecular complexity index is 792. The molecule has 1 fully saturated rings. The Morgan fingerprint density at radius 2 is 1.63 bits per heavy atom. The average molecular weight is 413 g/mol. The van der Waals surface area contributed by atoms with Gasteiger partial charge in [0.15, 0.2) is 11.5 Å². The van der Waals surface area contributed by atoms with Crippen LogP contribution >= 0.6 is 0 Å². The molecule has 0 radical (unpaired) electrons. The van der Waals surface area contributed by atoms with E-state index in [1.54, 1.807) is 33.5 Å². The Balaban J connectivity index is 1.47. The van der Waals surface area contributed by atoms with Gasteiger partial charge in [0.05, 0.1) is 21.3 Å². The number of carbonyl (C=O) groups excluding carboxylic acids is 1. The van der Waals surface area contributed by atoms with Crippen LogP contribution in [0, 0.1) is 5.92 Å². The molecule has 0 spiro atoms. The summed E-state index contributed by atoms with van der Waals surface area (Å²) in [5.74, 6) is 1.83. The van der Waals surface area contributed by atoms with E-state index in [9.17, 15) is 4.79 Å². The van der Waals surface area contributed by atoms with Gasteiger partial charge in [-0.25, -0.2) is 0 Å². The van der Waals surface area contributed by atoms with Crippen molar-refractivity contribution in [2.24, 2.45) is 5.92 Å². The summed E-state index contributed by atoms with van der Waals surface area (Å²) in [4.78, 5) is 15.2. The number of nitrogens with one attached hydrogen (secondary N) is 1. The van der Waals surface area contributed by atoms with Crippen LogP contribution in [0.4, 0.5) is 0 Å². The number of piperidine rings is 1. The maximum Gasteiger partial charge on any atom is 0.251 e. The van der Waals surface area contributed by atoms with Crippen molar-refractivity contribution in [3.63, 3.8) is 0 Å². The number of benzene rings is 2. The van der Waals surface area contributed by atoms with Gasteiger partial charge in [-0.2, -0.15) is 0 Å². The van der Waals surface area contributed by atoms with Crippen LogP contribution in [0.2, 0.25) is 0 Å². The lowest BCUT2D eigenvalue weighted by Gasteiger charge is -2.32. The third-order valence-electron chi connectivity index (χ3n) is 5.74. The minimum absolute atomic E-state index is 0.124. The SMILES string of the molecule is COc1cc(C(=O)NCC2CCN(CCc3ccccc3)CC2)cc(OC)c1OC. The second-order valence-corrected chi connectivity index (χ2v) is 7.64. The van der Waals surface area contributed by atoms with Gasteiger partial charge < -0.3 is 24.4 Å². The summed E-state index contributed by atoms with van der Waals surface area (Å²) in [6, 6.07) is 14.0. The van der Waals surface area contributed by atoms with Gasteiger partial charge in [-0.1, -0.05) is 30.3 Å². The van der Waals surface area contributed by atoms with E-state index in [0.29, 0.717) is 35.3 Å². The molecule has 0 atom stereocenters. The summed E-state index contributed by atoms with van der Waals surface area (Å²) < 4.78 is 16.0. The zero-order valence-corrected chi connectivity index (χ0v) is 18.1. The first kappa shape index (κ1) is 22.0. The molecule has 0 aliphatic carbocycles. The van der Waals surface area contributed by atoms with Gasteiger partial charge in [-0.3, -0.25) is 4.79 Å². The van der Waals surface area contributed by atoms with Gasteiger partial charge in [-0.15, -0.1) is 0 Å². The van der Waals surface area contributed by atoms with Crippen LogP contribution in [0.15, 0.2) is 42.5 Å². The van der Waals surface area contributed by atoms with E-state index >= 15 is 0 Å². The van der Waals surface area contributed by atoms with Crippen LogP contribution in [0.5, 0.6) is 17.2 Å². The summed E-state index contributed by atoms with van der Waals surface area (Å²) in [5, 5.41) is 3.07. The molecule has 0 unspecified atom stereocenters. The van der Waals surface area contributed by atoms with E-state index in [1.165, 1.54) is 5.56 Å². The van der Waals surface area contributed by atoms with Crippen molar-refractivity contribution in [2.45, 2.75) is 19.3 Å². The highest BCUT2D eigenvalue weighted by Gasteiger charge is 2.21. The number of likely N-dealkylation sites (tertiary alicyclic amines) is 1. The molecule has 1 heterocycles. The smallest absolute Gasteiger partial charge is 0.251 e. The Kier molecular flexibility index (Phi) is 7.97. The Morgan fingerprint density at radius 3 is 2.20 bits per heavy atom. The molecule has 6 nitrogen and oxygen atoms in total. The highest BCUT2D eigenvalue weighted by Crippen LogP contribution is 2.38. The quantitative estimate of drug-likeness (QED) is 0.684. The molecule has 2 aromatic rings. The maximum atomic E-state index is 12.7. The standard InChI is InChI=1S/C24H32N2O4/c1-28-21-15-20(16-22(29-2)23(21)30-3)24(27)25-17-19-10-13-26(14-11-19)12-9-18-7-5-4-6-8-18/h4-8,15-16,19H,9-14,17H2,1-3H3,(H,25,27). The van der Waals surface area contributed by atoms with Gasteiger partial charge in [0.1, 0.15) is 0 Å². The zero-order valence-electron chi connectivity index (χ0n) is 18.1. The lowest BCUT2D eigenvalue weighted by Crippen LogP contribution is -2.39. The van der Waals surface area contributed by atoms with Crippen LogP contribution in [-0.4, -0.2) is 58.3 Å². The maximum absolute atomic E-state index is 12.7. The number of amides is 1. The fourth-order valence-electron chi connectivity index (χ4n) is 3.90. The number of hydrogen-bond donors (Lipinski definition) is 1. The number of carbonyl (C=O) groups is 1. The van der Waals surface area contributed by atoms with Gasteiger partial charge in [0.2, 0.25) is 5.75 Å². The molecule has 6 heteroatoms. The van der Waals surface area contributed by atoms with Crippen molar-refractivity contribution >= 4 is 5.91 Å². The van der Waals surface area contributed by atoms with E-state index in [1.807, 2.05) is 0 Å². The summed E-state index contributed by atoms with van der Waals surface area (Å²) in [5.41, 5.74) is 1.89. The zero-order chi connectivity index (χ0) is 21.3. The van der Waals surface area contributed by atoms with Gasteiger partial charge >= 0.3 is 0 Å². The van der Waals surface area contributed by atoms with Crippen LogP contribution in [0.1, 0.15) is 28.8 Å². The highest BCUT2D eigenvalue weighted by atomic mass is 16.5. The monoisotopic (exact) mass is 412 g/mol. The molecule has 1 N–H and O–H groups in total. The minimum Gasteiger partial charge on any atom is -0.493 e. The van der Waals surface area contributed by atoms with Gasteiger partial charge in [-0.05, 0) is 56.0 Å². The molecule has 1 aliphatic rings. The Morgan fingerprint density at radius 1 is 1.00 bits per heavy atom. The molecule has 162 valence electrons. The molecule has 0 bridgehead atoms. The summed E-state index contributed by atoms with van der Waals surface area (Å²) in [7, 11) is 4.64. The predicted molar refractivity (Wildman–Crippen MR) is 118 cm³/mol. The lowest BCUT2D eigenvalue weighted by atomic mass is 9.96. The molecule has 0 saturated carbocycles. The lowest BCUT2D eigenvalue weighted by molar-refractivity contribution is 0.0935. The molecule has 1 aliphatic heterocycles. The Hall–Kier alpha value is -2.73. The first-order valence-electron chi connectivity index (χ1n) is 10.5. The number of methoxy groups -OCH3 is 3. The van der Waals surface area contributed by atoms with Crippen LogP contribution < -0.4 is 19.5 Å². The van der Waals surface area contributed by atoms with Crippen molar-refractivity contribution in [3.05, 3.63) is 53.6 Å². The second kappa shape index (κ2) is 10.9. The van der Waals surface area contributed by atoms with E-state index in [2.05, 4.69) is 40.5 Å². The molecule has 0 aromatic heterocycles. The summed E-state index contributed by atoms with van der Waals surface area (Å²) in [6.07, 6.45) is 3.29. The van der Waals surface area contributed by atoms with Crippen LogP contribution in [-0.2, 0) is 6.42 Å². The molecule has 3 rings (SSSR count). The molecular weight excluding hydrogens is 380 g/mol. The number of ether oxygens (including phenoxy) is 3. The summed E-state index contributed by atoms with van der Waals surface area (Å²) in [6.45, 7) is 3.94. The highest BCUT2D eigenvalue weighted by molar-refractivity contribution is 5.95. The summed E-state index contributed by atoms with van der Waals surface area (Å²) >= 11 is 0. The number of nitrogens with zero attached hydrogens (tertiary/aromatic N) is 1. The van der Waals surface area contributed by atoms with E-state index in [4.69, 9.17) is 14.2 Å². The van der Waals surface area contributed by atoms with E-state index in [-0.39, 0.29) is 5.91 Å². The first-order chi connectivity index (χ1) is 14.6. The van der Waals surface area contributed by atoms with Gasteiger partial charge in [0.25, 0.3) is 5.91 Å². The fraction of sp³-hybridized carbons (Fsp3) is 0.458. The van der Waals surface area contributed by atoms with Crippen LogP contribution in [0.3, 0.4) is 0 Å². The topological polar surface area (TPSA) is 60.0 Å². The van der Waals surface area contributed by atoms with E-state index < -0.39 is 0 Å². The van der Waals surface area contributed by atoms with Crippen molar-refractivity contribution in [1.29, 1.82) is 0 Å². The van der Waals surface area contributed by atoms with Gasteiger partial charge in [0, 0.05) is 18.7 Å². The Labute approximate surface area is 179 Å². The molecule has 30 heavy (non-hydrogen) atoms. The second-order valence-electron chi connectivity index (χ2n) is 7.64. The number of rotatable bonds is 9. The van der Waals surface area contributed by atoms with Crippen LogP contribution in [0.25, 0.3) is 0 Å². The molecule has 1 saturated heterocycles. The van der Waals surface area contributed by atoms with Crippen molar-refractivity contribution in [1.82, 2.24) is 10.2 Å². The normalized spacial score (nSPS) is 14.9. The minimum atomic E-state index is -0.124. The molecule has 1 amide bonds. The third-order valence-corrected chi connectivity index (χ3v) is 5.74. The third kappa shape index (κ3) is 5.66. The molecule has 2 aromatic carbocycles. The van der Waals surface area contributed by atoms with E-state index in [0.717, 1.165) is 38.9 Å². The van der Waals surface area contributed by atoms with Crippen molar-refractivity contribution in [2.75, 3.05) is 47.5 Å².